The summed E-state index contributed by atoms with van der Waals surface area (Å²) in [6.45, 7) is 4.44. The van der Waals surface area contributed by atoms with Crippen LogP contribution in [0.5, 0.6) is 0 Å². The number of likely N-dealkylation sites (tertiary alicyclic amines) is 1. The lowest BCUT2D eigenvalue weighted by Crippen LogP contribution is -2.55. The number of piperidine rings is 1. The Morgan fingerprint density at radius 1 is 0.933 bits per heavy atom. The van der Waals surface area contributed by atoms with Crippen molar-refractivity contribution < 1.29 is 19.2 Å². The average molecular weight is 405 g/mol. The second-order valence-electron chi connectivity index (χ2n) is 7.98. The van der Waals surface area contributed by atoms with Crippen molar-refractivity contribution in [2.45, 2.75) is 32.2 Å². The number of hydrogen-bond acceptors (Lipinski definition) is 4. The van der Waals surface area contributed by atoms with E-state index in [9.17, 15) is 19.2 Å². The molecule has 4 rings (SSSR count). The fraction of sp³-hybridized carbons (Fsp3) is 0.304. The Bertz CT molecular complexity index is 1070. The van der Waals surface area contributed by atoms with Gasteiger partial charge in [-0.3, -0.25) is 19.7 Å². The predicted octanol–water partition coefficient (Wildman–Crippen LogP) is 2.35. The number of carbonyl (C=O) groups excluding carboxylic acids is 4. The summed E-state index contributed by atoms with van der Waals surface area (Å²) in [6.07, 6.45) is 0.673. The van der Waals surface area contributed by atoms with Gasteiger partial charge in [0.25, 0.3) is 11.8 Å². The molecular formula is C23H23N3O4. The van der Waals surface area contributed by atoms with E-state index in [2.05, 4.69) is 10.6 Å². The second-order valence-corrected chi connectivity index (χ2v) is 7.98. The molecule has 0 atom stereocenters. The molecule has 2 N–H and O–H groups in total. The quantitative estimate of drug-likeness (QED) is 0.605. The molecule has 0 aliphatic carbocycles. The van der Waals surface area contributed by atoms with Gasteiger partial charge in [-0.05, 0) is 44.4 Å². The van der Waals surface area contributed by atoms with Crippen molar-refractivity contribution >= 4 is 23.6 Å². The smallest absolute Gasteiger partial charge is 0.322 e. The molecule has 2 saturated heterocycles. The van der Waals surface area contributed by atoms with Crippen LogP contribution in [0.1, 0.15) is 50.2 Å². The molecule has 0 radical (unpaired) electrons. The summed E-state index contributed by atoms with van der Waals surface area (Å²) in [4.78, 5) is 51.8. The maximum absolute atomic E-state index is 13.2. The summed E-state index contributed by atoms with van der Waals surface area (Å²) < 4.78 is 0. The Kier molecular flexibility index (Phi) is 4.89. The Labute approximate surface area is 174 Å². The molecule has 0 aromatic heterocycles. The minimum Gasteiger partial charge on any atom is -0.338 e. The van der Waals surface area contributed by atoms with E-state index in [1.165, 1.54) is 0 Å². The molecular weight excluding hydrogens is 382 g/mol. The fourth-order valence-electron chi connectivity index (χ4n) is 4.14. The molecule has 0 bridgehead atoms. The van der Waals surface area contributed by atoms with Crippen LogP contribution in [-0.4, -0.2) is 47.2 Å². The number of nitrogens with zero attached hydrogens (tertiary/aromatic N) is 1. The van der Waals surface area contributed by atoms with Crippen LogP contribution < -0.4 is 10.6 Å². The number of nitrogens with one attached hydrogen (secondary N) is 2. The molecule has 7 nitrogen and oxygen atoms in total. The Morgan fingerprint density at radius 3 is 2.23 bits per heavy atom. The third-order valence-corrected chi connectivity index (χ3v) is 5.96. The van der Waals surface area contributed by atoms with Crippen LogP contribution in [0.15, 0.2) is 42.5 Å². The van der Waals surface area contributed by atoms with Gasteiger partial charge in [0.2, 0.25) is 0 Å². The summed E-state index contributed by atoms with van der Waals surface area (Å²) in [5, 5.41) is 4.96. The van der Waals surface area contributed by atoms with Crippen molar-refractivity contribution in [2.24, 2.45) is 0 Å². The van der Waals surface area contributed by atoms with Gasteiger partial charge in [-0.15, -0.1) is 0 Å². The van der Waals surface area contributed by atoms with E-state index in [1.807, 2.05) is 32.0 Å². The van der Waals surface area contributed by atoms with Crippen LogP contribution in [0.3, 0.4) is 0 Å². The van der Waals surface area contributed by atoms with Gasteiger partial charge in [-0.2, -0.15) is 0 Å². The van der Waals surface area contributed by atoms with E-state index in [0.29, 0.717) is 42.6 Å². The first-order valence-electron chi connectivity index (χ1n) is 9.95. The van der Waals surface area contributed by atoms with Gasteiger partial charge in [0.15, 0.2) is 5.78 Å². The summed E-state index contributed by atoms with van der Waals surface area (Å²) >= 11 is 0. The van der Waals surface area contributed by atoms with Crippen molar-refractivity contribution in [3.63, 3.8) is 0 Å². The van der Waals surface area contributed by atoms with E-state index in [0.717, 1.165) is 11.1 Å². The zero-order chi connectivity index (χ0) is 21.5. The van der Waals surface area contributed by atoms with Crippen LogP contribution in [0.4, 0.5) is 4.79 Å². The number of urea groups is 1. The highest BCUT2D eigenvalue weighted by Gasteiger charge is 2.48. The molecule has 7 heteroatoms. The van der Waals surface area contributed by atoms with Gasteiger partial charge in [-0.1, -0.05) is 35.9 Å². The van der Waals surface area contributed by atoms with Crippen LogP contribution in [0, 0.1) is 13.8 Å². The van der Waals surface area contributed by atoms with Crippen LogP contribution in [-0.2, 0) is 4.79 Å². The molecule has 0 saturated carbocycles. The van der Waals surface area contributed by atoms with Crippen LogP contribution in [0.2, 0.25) is 0 Å². The van der Waals surface area contributed by atoms with Crippen molar-refractivity contribution in [3.8, 4) is 0 Å². The maximum atomic E-state index is 13.2. The normalized spacial score (nSPS) is 17.6. The molecule has 2 aromatic rings. The summed E-state index contributed by atoms with van der Waals surface area (Å²) in [7, 11) is 0. The molecule has 2 aliphatic rings. The zero-order valence-corrected chi connectivity index (χ0v) is 17.0. The Hall–Kier alpha value is -3.48. The molecule has 4 amide bonds. The molecule has 0 unspecified atom stereocenters. The Balaban J connectivity index is 1.58. The largest absolute Gasteiger partial charge is 0.338 e. The molecule has 2 aliphatic heterocycles. The maximum Gasteiger partial charge on any atom is 0.322 e. The molecule has 2 aromatic carbocycles. The zero-order valence-electron chi connectivity index (χ0n) is 17.0. The number of carbonyl (C=O) groups is 4. The van der Waals surface area contributed by atoms with Crippen LogP contribution >= 0.6 is 0 Å². The molecule has 30 heavy (non-hydrogen) atoms. The first kappa shape index (κ1) is 19.8. The van der Waals surface area contributed by atoms with Gasteiger partial charge in [0.1, 0.15) is 5.54 Å². The van der Waals surface area contributed by atoms with E-state index < -0.39 is 11.6 Å². The standard InChI is InChI=1S/C23H23N3O4/c1-14-7-8-15(2)18(13-14)19(27)16-5-3-4-6-17(16)20(28)26-11-9-23(10-12-26)21(29)24-22(30)25-23/h3-8,13H,9-12H2,1-2H3,(H2,24,25,29,30). The topological polar surface area (TPSA) is 95.6 Å². The predicted molar refractivity (Wildman–Crippen MR) is 110 cm³/mol. The third-order valence-electron chi connectivity index (χ3n) is 5.96. The van der Waals surface area contributed by atoms with E-state index in [-0.39, 0.29) is 17.6 Å². The number of amides is 4. The highest BCUT2D eigenvalue weighted by molar-refractivity contribution is 6.16. The van der Waals surface area contributed by atoms with Crippen molar-refractivity contribution in [1.29, 1.82) is 0 Å². The molecule has 154 valence electrons. The average Bonchev–Trinajstić information content (AvgIpc) is 3.01. The summed E-state index contributed by atoms with van der Waals surface area (Å²) in [6, 6.07) is 12.0. The van der Waals surface area contributed by atoms with Crippen molar-refractivity contribution in [3.05, 3.63) is 70.3 Å². The minimum atomic E-state index is -0.943. The molecule has 2 fully saturated rings. The monoisotopic (exact) mass is 405 g/mol. The van der Waals surface area contributed by atoms with E-state index in [1.54, 1.807) is 29.2 Å². The van der Waals surface area contributed by atoms with Crippen LogP contribution in [0.25, 0.3) is 0 Å². The minimum absolute atomic E-state index is 0.184. The summed E-state index contributed by atoms with van der Waals surface area (Å²) in [5.74, 6) is -0.773. The first-order chi connectivity index (χ1) is 14.3. The lowest BCUT2D eigenvalue weighted by Gasteiger charge is -2.37. The van der Waals surface area contributed by atoms with Crippen molar-refractivity contribution in [2.75, 3.05) is 13.1 Å². The number of hydrogen-bond donors (Lipinski definition) is 2. The lowest BCUT2D eigenvalue weighted by molar-refractivity contribution is -0.125. The highest BCUT2D eigenvalue weighted by Crippen LogP contribution is 2.27. The lowest BCUT2D eigenvalue weighted by atomic mass is 9.87. The summed E-state index contributed by atoms with van der Waals surface area (Å²) in [5.41, 5.74) is 2.18. The SMILES string of the molecule is Cc1ccc(C)c(C(=O)c2ccccc2C(=O)N2CCC3(CC2)NC(=O)NC3=O)c1. The molecule has 2 heterocycles. The Morgan fingerprint density at radius 2 is 1.60 bits per heavy atom. The van der Waals surface area contributed by atoms with Crippen molar-refractivity contribution in [1.82, 2.24) is 15.5 Å². The van der Waals surface area contributed by atoms with Gasteiger partial charge in [0.05, 0.1) is 5.56 Å². The number of ketones is 1. The fourth-order valence-corrected chi connectivity index (χ4v) is 4.14. The highest BCUT2D eigenvalue weighted by atomic mass is 16.2. The number of benzene rings is 2. The molecule has 1 spiro atoms. The number of aryl methyl sites for hydroxylation is 2. The first-order valence-corrected chi connectivity index (χ1v) is 9.95. The van der Waals surface area contributed by atoms with Gasteiger partial charge < -0.3 is 10.2 Å². The second kappa shape index (κ2) is 7.40. The van der Waals surface area contributed by atoms with E-state index in [4.69, 9.17) is 0 Å². The van der Waals surface area contributed by atoms with Gasteiger partial charge in [0, 0.05) is 24.2 Å². The number of rotatable bonds is 3. The van der Waals surface area contributed by atoms with E-state index >= 15 is 0 Å². The third kappa shape index (κ3) is 3.36. The van der Waals surface area contributed by atoms with Gasteiger partial charge in [-0.25, -0.2) is 4.79 Å². The number of imide groups is 1. The van der Waals surface area contributed by atoms with Gasteiger partial charge >= 0.3 is 6.03 Å².